The second-order valence-electron chi connectivity index (χ2n) is 5.89. The third-order valence-electron chi connectivity index (χ3n) is 3.68. The molecule has 0 amide bonds. The summed E-state index contributed by atoms with van der Waals surface area (Å²) in [5.74, 6) is -1.84. The van der Waals surface area contributed by atoms with E-state index in [-0.39, 0.29) is 0 Å². The van der Waals surface area contributed by atoms with Crippen LogP contribution >= 0.6 is 0 Å². The number of rotatable bonds is 8. The second-order valence-corrected chi connectivity index (χ2v) is 5.89. The Morgan fingerprint density at radius 1 is 1.30 bits per heavy atom. The van der Waals surface area contributed by atoms with Gasteiger partial charge in [0.1, 0.15) is 0 Å². The van der Waals surface area contributed by atoms with Crippen LogP contribution in [-0.4, -0.2) is 23.7 Å². The normalized spacial score (nSPS) is 21.9. The van der Waals surface area contributed by atoms with E-state index in [1.54, 1.807) is 6.08 Å². The van der Waals surface area contributed by atoms with Gasteiger partial charge in [0.15, 0.2) is 0 Å². The molecule has 0 bridgehead atoms. The lowest BCUT2D eigenvalue weighted by Crippen LogP contribution is -2.31. The number of carboxylic acids is 1. The second kappa shape index (κ2) is 8.77. The molecule has 0 saturated carbocycles. The topological polar surface area (TPSA) is 63.6 Å². The van der Waals surface area contributed by atoms with E-state index in [2.05, 4.69) is 13.8 Å². The van der Waals surface area contributed by atoms with Crippen LogP contribution in [0.4, 0.5) is 0 Å². The van der Waals surface area contributed by atoms with Crippen molar-refractivity contribution in [2.75, 3.05) is 6.61 Å². The standard InChI is InChI=1S/C16H26O4/c1-12(2)8-4-3-7-11-20-16(19)14-10-6-5-9-13(14)15(17)18/h6,10,12-14H,3-5,7-9,11H2,1-2H3,(H,17,18). The molecular weight excluding hydrogens is 256 g/mol. The predicted octanol–water partition coefficient (Wildman–Crippen LogP) is 3.41. The maximum atomic E-state index is 11.9. The Morgan fingerprint density at radius 2 is 2.05 bits per heavy atom. The van der Waals surface area contributed by atoms with E-state index < -0.39 is 23.8 Å². The van der Waals surface area contributed by atoms with E-state index in [0.29, 0.717) is 18.9 Å². The molecule has 1 aliphatic rings. The Bertz CT molecular complexity index is 346. The minimum Gasteiger partial charge on any atom is -0.481 e. The molecule has 1 N–H and O–H groups in total. The molecule has 2 unspecified atom stereocenters. The van der Waals surface area contributed by atoms with Crippen molar-refractivity contribution in [3.05, 3.63) is 12.2 Å². The van der Waals surface area contributed by atoms with Gasteiger partial charge in [0.25, 0.3) is 0 Å². The van der Waals surface area contributed by atoms with Crippen molar-refractivity contribution < 1.29 is 19.4 Å². The molecule has 2 atom stereocenters. The number of ether oxygens (including phenoxy) is 1. The number of carbonyl (C=O) groups is 2. The molecule has 4 heteroatoms. The van der Waals surface area contributed by atoms with Gasteiger partial charge in [-0.15, -0.1) is 0 Å². The van der Waals surface area contributed by atoms with Crippen molar-refractivity contribution in [3.8, 4) is 0 Å². The summed E-state index contributed by atoms with van der Waals surface area (Å²) in [6.45, 7) is 4.79. The van der Waals surface area contributed by atoms with Gasteiger partial charge >= 0.3 is 11.9 Å². The first-order valence-electron chi connectivity index (χ1n) is 7.58. The Balaban J connectivity index is 2.26. The molecule has 1 rings (SSSR count). The van der Waals surface area contributed by atoms with Gasteiger partial charge in [-0.1, -0.05) is 45.3 Å². The summed E-state index contributed by atoms with van der Waals surface area (Å²) in [7, 11) is 0. The summed E-state index contributed by atoms with van der Waals surface area (Å²) >= 11 is 0. The molecule has 0 radical (unpaired) electrons. The van der Waals surface area contributed by atoms with E-state index in [0.717, 1.165) is 25.7 Å². The smallest absolute Gasteiger partial charge is 0.313 e. The van der Waals surface area contributed by atoms with E-state index in [9.17, 15) is 9.59 Å². The molecule has 1 aliphatic carbocycles. The number of unbranched alkanes of at least 4 members (excludes halogenated alkanes) is 2. The average Bonchev–Trinajstić information content (AvgIpc) is 2.42. The van der Waals surface area contributed by atoms with Crippen molar-refractivity contribution in [2.45, 2.75) is 52.4 Å². The third kappa shape index (κ3) is 5.76. The van der Waals surface area contributed by atoms with Gasteiger partial charge in [-0.25, -0.2) is 0 Å². The van der Waals surface area contributed by atoms with Crippen LogP contribution in [-0.2, 0) is 14.3 Å². The van der Waals surface area contributed by atoms with E-state index in [4.69, 9.17) is 9.84 Å². The predicted molar refractivity (Wildman–Crippen MR) is 77.3 cm³/mol. The number of aliphatic carboxylic acids is 1. The molecule has 0 fully saturated rings. The average molecular weight is 282 g/mol. The molecule has 0 aromatic heterocycles. The lowest BCUT2D eigenvalue weighted by atomic mass is 9.84. The zero-order valence-corrected chi connectivity index (χ0v) is 12.5. The van der Waals surface area contributed by atoms with Gasteiger partial charge in [0, 0.05) is 0 Å². The highest BCUT2D eigenvalue weighted by Gasteiger charge is 2.34. The molecular formula is C16H26O4. The Hall–Kier alpha value is -1.32. The number of allylic oxidation sites excluding steroid dienone is 1. The van der Waals surface area contributed by atoms with E-state index in [1.807, 2.05) is 6.08 Å². The fourth-order valence-corrected chi connectivity index (χ4v) is 2.45. The van der Waals surface area contributed by atoms with Crippen LogP contribution in [0, 0.1) is 17.8 Å². The molecule has 0 aromatic carbocycles. The van der Waals surface area contributed by atoms with E-state index >= 15 is 0 Å². The van der Waals surface area contributed by atoms with Gasteiger partial charge in [0.05, 0.1) is 18.4 Å². The van der Waals surface area contributed by atoms with Crippen LogP contribution < -0.4 is 0 Å². The molecule has 4 nitrogen and oxygen atoms in total. The molecule has 0 heterocycles. The van der Waals surface area contributed by atoms with Crippen LogP contribution in [0.5, 0.6) is 0 Å². The summed E-state index contributed by atoms with van der Waals surface area (Å²) in [4.78, 5) is 23.0. The van der Waals surface area contributed by atoms with Crippen LogP contribution in [0.1, 0.15) is 52.4 Å². The highest BCUT2D eigenvalue weighted by molar-refractivity contribution is 5.83. The number of carbonyl (C=O) groups excluding carboxylic acids is 1. The van der Waals surface area contributed by atoms with Crippen molar-refractivity contribution in [3.63, 3.8) is 0 Å². The Labute approximate surface area is 121 Å². The lowest BCUT2D eigenvalue weighted by molar-refractivity contribution is -0.156. The SMILES string of the molecule is CC(C)CCCCCOC(=O)C1C=CCCC1C(=O)O. The Morgan fingerprint density at radius 3 is 2.70 bits per heavy atom. The maximum Gasteiger partial charge on any atom is 0.313 e. The van der Waals surface area contributed by atoms with Gasteiger partial charge in [-0.3, -0.25) is 9.59 Å². The summed E-state index contributed by atoms with van der Waals surface area (Å²) in [5.41, 5.74) is 0. The lowest BCUT2D eigenvalue weighted by Gasteiger charge is -2.22. The molecule has 0 spiro atoms. The summed E-state index contributed by atoms with van der Waals surface area (Å²) in [6.07, 6.45) is 9.03. The largest absolute Gasteiger partial charge is 0.481 e. The fraction of sp³-hybridized carbons (Fsp3) is 0.750. The van der Waals surface area contributed by atoms with Crippen LogP contribution in [0.3, 0.4) is 0 Å². The molecule has 0 aromatic rings. The molecule has 114 valence electrons. The summed E-state index contributed by atoms with van der Waals surface area (Å²) < 4.78 is 5.22. The van der Waals surface area contributed by atoms with Gasteiger partial charge < -0.3 is 9.84 Å². The van der Waals surface area contributed by atoms with Crippen LogP contribution in [0.15, 0.2) is 12.2 Å². The molecule has 20 heavy (non-hydrogen) atoms. The quantitative estimate of drug-likeness (QED) is 0.421. The highest BCUT2D eigenvalue weighted by Crippen LogP contribution is 2.26. The molecule has 0 saturated heterocycles. The number of carboxylic acid groups (broad SMARTS) is 1. The minimum absolute atomic E-state index is 0.391. The van der Waals surface area contributed by atoms with Crippen molar-refractivity contribution in [2.24, 2.45) is 17.8 Å². The first kappa shape index (κ1) is 16.7. The van der Waals surface area contributed by atoms with Gasteiger partial charge in [0.2, 0.25) is 0 Å². The maximum absolute atomic E-state index is 11.9. The van der Waals surface area contributed by atoms with Crippen LogP contribution in [0.2, 0.25) is 0 Å². The van der Waals surface area contributed by atoms with Crippen LogP contribution in [0.25, 0.3) is 0 Å². The number of hydrogen-bond acceptors (Lipinski definition) is 3. The molecule has 0 aliphatic heterocycles. The monoisotopic (exact) mass is 282 g/mol. The fourth-order valence-electron chi connectivity index (χ4n) is 2.45. The zero-order chi connectivity index (χ0) is 15.0. The van der Waals surface area contributed by atoms with Crippen molar-refractivity contribution >= 4 is 11.9 Å². The summed E-state index contributed by atoms with van der Waals surface area (Å²) in [5, 5.41) is 9.11. The first-order valence-corrected chi connectivity index (χ1v) is 7.58. The van der Waals surface area contributed by atoms with Gasteiger partial charge in [-0.2, -0.15) is 0 Å². The van der Waals surface area contributed by atoms with Crippen molar-refractivity contribution in [1.82, 2.24) is 0 Å². The van der Waals surface area contributed by atoms with E-state index in [1.165, 1.54) is 6.42 Å². The minimum atomic E-state index is -0.909. The number of esters is 1. The van der Waals surface area contributed by atoms with Crippen molar-refractivity contribution in [1.29, 1.82) is 0 Å². The Kier molecular flexibility index (Phi) is 7.34. The highest BCUT2D eigenvalue weighted by atomic mass is 16.5. The third-order valence-corrected chi connectivity index (χ3v) is 3.68. The van der Waals surface area contributed by atoms with Gasteiger partial charge in [-0.05, 0) is 25.2 Å². The zero-order valence-electron chi connectivity index (χ0n) is 12.5. The number of hydrogen-bond donors (Lipinski definition) is 1. The first-order chi connectivity index (χ1) is 9.52. The summed E-state index contributed by atoms with van der Waals surface area (Å²) in [6, 6.07) is 0.